The van der Waals surface area contributed by atoms with Gasteiger partial charge in [0.05, 0.1) is 22.8 Å². The first-order valence-electron chi connectivity index (χ1n) is 5.12. The quantitative estimate of drug-likeness (QED) is 0.872. The summed E-state index contributed by atoms with van der Waals surface area (Å²) in [5.41, 5.74) is 2.87. The third-order valence-corrected chi connectivity index (χ3v) is 3.87. The predicted molar refractivity (Wildman–Crippen MR) is 65.2 cm³/mol. The zero-order valence-corrected chi connectivity index (χ0v) is 10.3. The Bertz CT molecular complexity index is 601. The van der Waals surface area contributed by atoms with Crippen LogP contribution in [0.3, 0.4) is 0 Å². The molecule has 1 aliphatic carbocycles. The van der Waals surface area contributed by atoms with E-state index in [9.17, 15) is 4.79 Å². The van der Waals surface area contributed by atoms with E-state index in [1.165, 1.54) is 0 Å². The van der Waals surface area contributed by atoms with Crippen LogP contribution in [-0.2, 0) is 6.42 Å². The van der Waals surface area contributed by atoms with Gasteiger partial charge in [-0.05, 0) is 40.0 Å². The summed E-state index contributed by atoms with van der Waals surface area (Å²) in [6, 6.07) is 3.93. The van der Waals surface area contributed by atoms with Crippen molar-refractivity contribution in [3.05, 3.63) is 27.9 Å². The molecular formula is C12H10BrNO2. The molecule has 1 heterocycles. The van der Waals surface area contributed by atoms with Crippen LogP contribution < -0.4 is 4.74 Å². The maximum atomic E-state index is 11.6. The smallest absolute Gasteiger partial charge is 0.179 e. The summed E-state index contributed by atoms with van der Waals surface area (Å²) in [6.45, 7) is 0. The van der Waals surface area contributed by atoms with Gasteiger partial charge in [0.15, 0.2) is 5.78 Å². The molecule has 4 heteroatoms. The van der Waals surface area contributed by atoms with Crippen LogP contribution in [0, 0.1) is 0 Å². The first-order valence-corrected chi connectivity index (χ1v) is 5.92. The maximum Gasteiger partial charge on any atom is 0.179 e. The highest BCUT2D eigenvalue weighted by molar-refractivity contribution is 9.10. The minimum Gasteiger partial charge on any atom is -0.495 e. The van der Waals surface area contributed by atoms with E-state index >= 15 is 0 Å². The van der Waals surface area contributed by atoms with E-state index in [0.717, 1.165) is 38.8 Å². The van der Waals surface area contributed by atoms with E-state index in [1.807, 2.05) is 12.1 Å². The highest BCUT2D eigenvalue weighted by Gasteiger charge is 2.25. The monoisotopic (exact) mass is 279 g/mol. The van der Waals surface area contributed by atoms with Gasteiger partial charge in [0.2, 0.25) is 0 Å². The Morgan fingerprint density at radius 2 is 2.19 bits per heavy atom. The molecule has 0 bridgehead atoms. The van der Waals surface area contributed by atoms with Crippen molar-refractivity contribution in [1.82, 2.24) is 4.98 Å². The number of H-pyrrole nitrogens is 1. The number of hydrogen-bond acceptors (Lipinski definition) is 2. The van der Waals surface area contributed by atoms with E-state index in [1.54, 1.807) is 7.11 Å². The molecule has 3 rings (SSSR count). The molecule has 0 radical (unpaired) electrons. The Kier molecular flexibility index (Phi) is 2.07. The van der Waals surface area contributed by atoms with Gasteiger partial charge in [-0.3, -0.25) is 4.79 Å². The molecule has 0 saturated heterocycles. The zero-order chi connectivity index (χ0) is 11.3. The number of methoxy groups -OCH3 is 1. The molecule has 1 aromatic carbocycles. The maximum absolute atomic E-state index is 11.6. The molecule has 82 valence electrons. The average molecular weight is 280 g/mol. The van der Waals surface area contributed by atoms with Crippen LogP contribution >= 0.6 is 15.9 Å². The average Bonchev–Trinajstić information content (AvgIpc) is 2.81. The number of halogens is 1. The number of rotatable bonds is 1. The van der Waals surface area contributed by atoms with Crippen molar-refractivity contribution in [1.29, 1.82) is 0 Å². The number of ketones is 1. The predicted octanol–water partition coefficient (Wildman–Crippen LogP) is 3.07. The van der Waals surface area contributed by atoms with Gasteiger partial charge in [-0.25, -0.2) is 0 Å². The largest absolute Gasteiger partial charge is 0.495 e. The van der Waals surface area contributed by atoms with Crippen molar-refractivity contribution in [3.63, 3.8) is 0 Å². The second-order valence-electron chi connectivity index (χ2n) is 3.91. The van der Waals surface area contributed by atoms with Gasteiger partial charge in [0.25, 0.3) is 0 Å². The lowest BCUT2D eigenvalue weighted by Crippen LogP contribution is -1.91. The van der Waals surface area contributed by atoms with Crippen molar-refractivity contribution >= 4 is 32.6 Å². The number of hydrogen-bond donors (Lipinski definition) is 1. The van der Waals surface area contributed by atoms with Gasteiger partial charge in [0, 0.05) is 11.8 Å². The van der Waals surface area contributed by atoms with Crippen molar-refractivity contribution in [2.45, 2.75) is 12.8 Å². The molecule has 3 nitrogen and oxygen atoms in total. The second-order valence-corrected chi connectivity index (χ2v) is 4.70. The Balaban J connectivity index is 2.36. The fourth-order valence-electron chi connectivity index (χ4n) is 2.28. The fraction of sp³-hybridized carbons (Fsp3) is 0.250. The number of aryl methyl sites for hydroxylation is 1. The van der Waals surface area contributed by atoms with E-state index in [4.69, 9.17) is 4.74 Å². The molecule has 16 heavy (non-hydrogen) atoms. The number of ether oxygens (including phenoxy) is 1. The summed E-state index contributed by atoms with van der Waals surface area (Å²) < 4.78 is 6.11. The molecule has 2 aromatic rings. The lowest BCUT2D eigenvalue weighted by Gasteiger charge is -2.04. The number of aromatic nitrogens is 1. The Labute approximate surface area is 101 Å². The topological polar surface area (TPSA) is 42.1 Å². The number of nitrogens with one attached hydrogen (secondary N) is 1. The summed E-state index contributed by atoms with van der Waals surface area (Å²) >= 11 is 3.50. The summed E-state index contributed by atoms with van der Waals surface area (Å²) in [6.07, 6.45) is 1.47. The van der Waals surface area contributed by atoms with Crippen LogP contribution in [0.15, 0.2) is 16.6 Å². The standard InChI is InChI=1S/C12H10BrNO2/c1-16-9-5-3-7-6-2-4-8(15)11(6)14-12(7)10(9)13/h3,5,14H,2,4H2,1H3. The van der Waals surface area contributed by atoms with Gasteiger partial charge in [-0.1, -0.05) is 0 Å². The number of carbonyl (C=O) groups excluding carboxylic acids is 1. The molecule has 0 aliphatic heterocycles. The van der Waals surface area contributed by atoms with E-state index in [2.05, 4.69) is 20.9 Å². The van der Waals surface area contributed by atoms with Crippen LogP contribution in [0.5, 0.6) is 5.75 Å². The highest BCUT2D eigenvalue weighted by Crippen LogP contribution is 2.37. The zero-order valence-electron chi connectivity index (χ0n) is 8.76. The minimum atomic E-state index is 0.206. The number of carbonyl (C=O) groups is 1. The first-order chi connectivity index (χ1) is 7.72. The number of fused-ring (bicyclic) bond motifs is 3. The lowest BCUT2D eigenvalue weighted by molar-refractivity contribution is 0.0990. The molecule has 0 amide bonds. The van der Waals surface area contributed by atoms with E-state index in [-0.39, 0.29) is 5.78 Å². The molecule has 1 aromatic heterocycles. The van der Waals surface area contributed by atoms with Gasteiger partial charge in [-0.2, -0.15) is 0 Å². The van der Waals surface area contributed by atoms with Gasteiger partial charge >= 0.3 is 0 Å². The SMILES string of the molecule is COc1ccc2c3c([nH]c2c1Br)C(=O)CC3. The van der Waals surface area contributed by atoms with Crippen LogP contribution in [-0.4, -0.2) is 17.9 Å². The van der Waals surface area contributed by atoms with Gasteiger partial charge in [0.1, 0.15) is 5.75 Å². The molecule has 0 fully saturated rings. The minimum absolute atomic E-state index is 0.206. The summed E-state index contributed by atoms with van der Waals surface area (Å²) in [5, 5.41) is 1.12. The van der Waals surface area contributed by atoms with Gasteiger partial charge in [-0.15, -0.1) is 0 Å². The van der Waals surface area contributed by atoms with Crippen LogP contribution in [0.4, 0.5) is 0 Å². The Morgan fingerprint density at radius 1 is 1.38 bits per heavy atom. The first kappa shape index (κ1) is 9.90. The van der Waals surface area contributed by atoms with E-state index in [0.29, 0.717) is 6.42 Å². The van der Waals surface area contributed by atoms with Crippen LogP contribution in [0.2, 0.25) is 0 Å². The molecular weight excluding hydrogens is 270 g/mol. The molecule has 1 N–H and O–H groups in total. The van der Waals surface area contributed by atoms with Crippen LogP contribution in [0.1, 0.15) is 22.5 Å². The molecule has 1 aliphatic rings. The Morgan fingerprint density at radius 3 is 2.94 bits per heavy atom. The van der Waals surface area contributed by atoms with Crippen molar-refractivity contribution in [2.75, 3.05) is 7.11 Å². The lowest BCUT2D eigenvalue weighted by atomic mass is 10.1. The van der Waals surface area contributed by atoms with Crippen LogP contribution in [0.25, 0.3) is 10.9 Å². The number of Topliss-reactive ketones (excluding diaryl/α,β-unsaturated/α-hetero) is 1. The Hall–Kier alpha value is -1.29. The van der Waals surface area contributed by atoms with Gasteiger partial charge < -0.3 is 9.72 Å². The normalized spacial score (nSPS) is 14.5. The van der Waals surface area contributed by atoms with Crippen molar-refractivity contribution < 1.29 is 9.53 Å². The third kappa shape index (κ3) is 1.16. The molecule has 0 atom stereocenters. The number of benzene rings is 1. The van der Waals surface area contributed by atoms with Crippen molar-refractivity contribution in [3.8, 4) is 5.75 Å². The van der Waals surface area contributed by atoms with Crippen molar-refractivity contribution in [2.24, 2.45) is 0 Å². The third-order valence-electron chi connectivity index (χ3n) is 3.08. The molecule has 0 saturated carbocycles. The molecule has 0 spiro atoms. The number of aromatic amines is 1. The summed E-state index contributed by atoms with van der Waals surface area (Å²) in [4.78, 5) is 14.8. The van der Waals surface area contributed by atoms with E-state index < -0.39 is 0 Å². The fourth-order valence-corrected chi connectivity index (χ4v) is 2.89. The molecule has 0 unspecified atom stereocenters. The summed E-state index contributed by atoms with van der Waals surface area (Å²) in [7, 11) is 1.63. The summed E-state index contributed by atoms with van der Waals surface area (Å²) in [5.74, 6) is 0.983. The second kappa shape index (κ2) is 3.35. The highest BCUT2D eigenvalue weighted by atomic mass is 79.9.